The van der Waals surface area contributed by atoms with Crippen LogP contribution in [0.3, 0.4) is 0 Å². The molecule has 116 valence electrons. The van der Waals surface area contributed by atoms with Gasteiger partial charge in [-0.3, -0.25) is 4.90 Å². The van der Waals surface area contributed by atoms with E-state index in [0.717, 1.165) is 36.8 Å². The fourth-order valence-electron chi connectivity index (χ4n) is 2.58. The number of hydrogen-bond donors (Lipinski definition) is 1. The molecule has 0 amide bonds. The van der Waals surface area contributed by atoms with E-state index in [-0.39, 0.29) is 0 Å². The smallest absolute Gasteiger partial charge is 0.128 e. The Kier molecular flexibility index (Phi) is 4.60. The summed E-state index contributed by atoms with van der Waals surface area (Å²) in [7, 11) is 0. The van der Waals surface area contributed by atoms with Crippen molar-refractivity contribution in [3.05, 3.63) is 64.2 Å². The van der Waals surface area contributed by atoms with E-state index in [1.54, 1.807) is 0 Å². The minimum Gasteiger partial charge on any atom is -0.381 e. The third kappa shape index (κ3) is 3.57. The van der Waals surface area contributed by atoms with Crippen LogP contribution in [0.2, 0.25) is 5.02 Å². The van der Waals surface area contributed by atoms with Crippen molar-refractivity contribution >= 4 is 17.3 Å². The predicted molar refractivity (Wildman–Crippen MR) is 85.0 cm³/mol. The van der Waals surface area contributed by atoms with E-state index in [1.807, 2.05) is 18.2 Å². The molecule has 0 aromatic heterocycles. The molecule has 2 aromatic rings. The molecule has 1 N–H and O–H groups in total. The lowest BCUT2D eigenvalue weighted by molar-refractivity contribution is 0.172. The van der Waals surface area contributed by atoms with E-state index in [9.17, 15) is 8.78 Å². The van der Waals surface area contributed by atoms with E-state index < -0.39 is 11.6 Å². The maximum absolute atomic E-state index is 13.2. The minimum atomic E-state index is -0.595. The van der Waals surface area contributed by atoms with E-state index in [2.05, 4.69) is 10.2 Å². The van der Waals surface area contributed by atoms with E-state index in [4.69, 9.17) is 11.6 Å². The zero-order valence-electron chi connectivity index (χ0n) is 12.1. The average Bonchev–Trinajstić information content (AvgIpc) is 2.41. The van der Waals surface area contributed by atoms with Gasteiger partial charge in [-0.15, -0.1) is 0 Å². The fourth-order valence-corrected chi connectivity index (χ4v) is 2.84. The second kappa shape index (κ2) is 6.63. The van der Waals surface area contributed by atoms with Gasteiger partial charge in [0, 0.05) is 29.9 Å². The fraction of sp³-hybridized carbons (Fsp3) is 0.294. The van der Waals surface area contributed by atoms with Crippen LogP contribution in [-0.4, -0.2) is 18.0 Å². The second-order valence-corrected chi connectivity index (χ2v) is 5.93. The first kappa shape index (κ1) is 15.3. The summed E-state index contributed by atoms with van der Waals surface area (Å²) in [5.74, 6) is -1.19. The van der Waals surface area contributed by atoms with Crippen LogP contribution in [0.15, 0.2) is 36.4 Å². The lowest BCUT2D eigenvalue weighted by Gasteiger charge is -2.31. The highest BCUT2D eigenvalue weighted by atomic mass is 35.5. The number of halogens is 3. The van der Waals surface area contributed by atoms with Gasteiger partial charge in [-0.1, -0.05) is 23.7 Å². The summed E-state index contributed by atoms with van der Waals surface area (Å²) in [6, 6.07) is 9.22. The van der Waals surface area contributed by atoms with E-state index >= 15 is 0 Å². The minimum absolute atomic E-state index is 0.410. The summed E-state index contributed by atoms with van der Waals surface area (Å²) in [6.07, 6.45) is 1.23. The molecule has 0 aliphatic carbocycles. The van der Waals surface area contributed by atoms with Crippen molar-refractivity contribution in [3.8, 4) is 0 Å². The highest BCUT2D eigenvalue weighted by Gasteiger charge is 2.16. The van der Waals surface area contributed by atoms with Gasteiger partial charge >= 0.3 is 0 Å². The van der Waals surface area contributed by atoms with Gasteiger partial charge < -0.3 is 5.32 Å². The summed E-state index contributed by atoms with van der Waals surface area (Å²) in [5.41, 5.74) is 2.53. The third-order valence-electron chi connectivity index (χ3n) is 3.89. The maximum atomic E-state index is 13.2. The number of nitrogens with one attached hydrogen (secondary N) is 1. The number of likely N-dealkylation sites (tertiary alicyclic amines) is 1. The Hall–Kier alpha value is -1.65. The van der Waals surface area contributed by atoms with Gasteiger partial charge in [0.05, 0.1) is 0 Å². The molecule has 0 spiro atoms. The van der Waals surface area contributed by atoms with Crippen LogP contribution in [0.25, 0.3) is 0 Å². The van der Waals surface area contributed by atoms with Crippen LogP contribution in [0, 0.1) is 11.6 Å². The maximum Gasteiger partial charge on any atom is 0.128 e. The molecule has 1 heterocycles. The molecule has 0 bridgehead atoms. The third-order valence-corrected chi connectivity index (χ3v) is 4.24. The number of benzene rings is 2. The van der Waals surface area contributed by atoms with Crippen LogP contribution in [0.5, 0.6) is 0 Å². The quantitative estimate of drug-likeness (QED) is 0.875. The number of hydrogen-bond acceptors (Lipinski definition) is 2. The van der Waals surface area contributed by atoms with Gasteiger partial charge in [0.25, 0.3) is 0 Å². The van der Waals surface area contributed by atoms with Crippen molar-refractivity contribution in [1.82, 2.24) is 4.90 Å². The number of rotatable bonds is 5. The summed E-state index contributed by atoms with van der Waals surface area (Å²) >= 11 is 6.30. The molecule has 0 atom stereocenters. The molecular weight excluding hydrogens is 306 g/mol. The molecule has 0 radical (unpaired) electrons. The molecule has 3 rings (SSSR count). The molecule has 0 unspecified atom stereocenters. The van der Waals surface area contributed by atoms with Gasteiger partial charge in [-0.05, 0) is 48.8 Å². The molecule has 2 aromatic carbocycles. The van der Waals surface area contributed by atoms with Gasteiger partial charge in [0.15, 0.2) is 0 Å². The highest BCUT2D eigenvalue weighted by molar-refractivity contribution is 6.31. The average molecular weight is 323 g/mol. The van der Waals surface area contributed by atoms with Crippen LogP contribution in [0.1, 0.15) is 17.5 Å². The number of anilines is 1. The molecule has 2 nitrogen and oxygen atoms in total. The van der Waals surface area contributed by atoms with Crippen molar-refractivity contribution in [3.63, 3.8) is 0 Å². The Labute approximate surface area is 133 Å². The normalized spacial score (nSPS) is 14.7. The first-order valence-corrected chi connectivity index (χ1v) is 7.68. The first-order chi connectivity index (χ1) is 10.6. The second-order valence-electron chi connectivity index (χ2n) is 5.52. The highest BCUT2D eigenvalue weighted by Crippen LogP contribution is 2.24. The number of nitrogens with zero attached hydrogens (tertiary/aromatic N) is 1. The first-order valence-electron chi connectivity index (χ1n) is 7.30. The lowest BCUT2D eigenvalue weighted by Crippen LogP contribution is -2.36. The lowest BCUT2D eigenvalue weighted by atomic mass is 10.0. The summed E-state index contributed by atoms with van der Waals surface area (Å²) in [5, 5.41) is 3.72. The van der Waals surface area contributed by atoms with Gasteiger partial charge in [0.1, 0.15) is 11.6 Å². The van der Waals surface area contributed by atoms with E-state index in [0.29, 0.717) is 17.3 Å². The molecule has 1 aliphatic rings. The summed E-state index contributed by atoms with van der Waals surface area (Å²) < 4.78 is 26.5. The summed E-state index contributed by atoms with van der Waals surface area (Å²) in [6.45, 7) is 3.50. The Bertz CT molecular complexity index is 651. The van der Waals surface area contributed by atoms with Gasteiger partial charge in [0.2, 0.25) is 0 Å². The van der Waals surface area contributed by atoms with Crippen molar-refractivity contribution in [2.45, 2.75) is 19.5 Å². The van der Waals surface area contributed by atoms with Crippen molar-refractivity contribution in [1.29, 1.82) is 0 Å². The van der Waals surface area contributed by atoms with E-state index in [1.165, 1.54) is 18.6 Å². The van der Waals surface area contributed by atoms with Crippen LogP contribution in [-0.2, 0) is 13.1 Å². The van der Waals surface area contributed by atoms with Crippen LogP contribution < -0.4 is 5.32 Å². The standard InChI is InChI=1S/C17H17ClF2N2/c18-17-4-1-3-12(11-22-5-2-6-22)16(17)10-21-15-8-13(19)7-14(20)9-15/h1,3-4,7-9,21H,2,5-6,10-11H2. The topological polar surface area (TPSA) is 15.3 Å². The van der Waals surface area contributed by atoms with Crippen molar-refractivity contribution in [2.24, 2.45) is 0 Å². The molecule has 1 aliphatic heterocycles. The molecule has 22 heavy (non-hydrogen) atoms. The zero-order valence-corrected chi connectivity index (χ0v) is 12.8. The predicted octanol–water partition coefficient (Wildman–Crippen LogP) is 4.44. The SMILES string of the molecule is Fc1cc(F)cc(NCc2c(Cl)cccc2CN2CCC2)c1. The van der Waals surface area contributed by atoms with Crippen LogP contribution >= 0.6 is 11.6 Å². The molecule has 1 fully saturated rings. The molecular formula is C17H17ClF2N2. The Morgan fingerprint density at radius 2 is 1.82 bits per heavy atom. The Balaban J connectivity index is 1.75. The van der Waals surface area contributed by atoms with Crippen LogP contribution in [0.4, 0.5) is 14.5 Å². The Morgan fingerprint density at radius 1 is 1.09 bits per heavy atom. The molecule has 5 heteroatoms. The largest absolute Gasteiger partial charge is 0.381 e. The summed E-state index contributed by atoms with van der Waals surface area (Å²) in [4.78, 5) is 2.34. The molecule has 1 saturated heterocycles. The van der Waals surface area contributed by atoms with Crippen molar-refractivity contribution < 1.29 is 8.78 Å². The molecule has 0 saturated carbocycles. The Morgan fingerprint density at radius 3 is 2.45 bits per heavy atom. The monoisotopic (exact) mass is 322 g/mol. The zero-order chi connectivity index (χ0) is 15.5. The van der Waals surface area contributed by atoms with Gasteiger partial charge in [-0.25, -0.2) is 8.78 Å². The van der Waals surface area contributed by atoms with Gasteiger partial charge in [-0.2, -0.15) is 0 Å². The van der Waals surface area contributed by atoms with Crippen molar-refractivity contribution in [2.75, 3.05) is 18.4 Å².